The predicted molar refractivity (Wildman–Crippen MR) is 97.2 cm³/mol. The Kier molecular flexibility index (Phi) is 6.03. The molecule has 1 N–H and O–H groups in total. The highest BCUT2D eigenvalue weighted by atomic mass is 16.5. The van der Waals surface area contributed by atoms with Gasteiger partial charge in [-0.15, -0.1) is 0 Å². The molecule has 1 amide bonds. The van der Waals surface area contributed by atoms with Gasteiger partial charge in [-0.3, -0.25) is 14.4 Å². The SMILES string of the molecule is COc1ccc(NC(=O)CN(C)Cc2c(C)nn(C)c2C)c(OC)c1. The third kappa shape index (κ3) is 4.51. The molecule has 0 atom stereocenters. The molecule has 0 bridgehead atoms. The van der Waals surface area contributed by atoms with Gasteiger partial charge in [0.25, 0.3) is 0 Å². The summed E-state index contributed by atoms with van der Waals surface area (Å²) in [6, 6.07) is 5.29. The van der Waals surface area contributed by atoms with Crippen molar-refractivity contribution in [1.29, 1.82) is 0 Å². The molecule has 2 rings (SSSR count). The van der Waals surface area contributed by atoms with Crippen molar-refractivity contribution >= 4 is 11.6 Å². The van der Waals surface area contributed by atoms with Crippen molar-refractivity contribution < 1.29 is 14.3 Å². The largest absolute Gasteiger partial charge is 0.497 e. The summed E-state index contributed by atoms with van der Waals surface area (Å²) < 4.78 is 12.3. The molecule has 0 unspecified atom stereocenters. The molecule has 0 aliphatic carbocycles. The van der Waals surface area contributed by atoms with E-state index in [9.17, 15) is 4.79 Å². The molecule has 7 heteroatoms. The number of amides is 1. The lowest BCUT2D eigenvalue weighted by Crippen LogP contribution is -2.30. The number of aromatic nitrogens is 2. The molecule has 25 heavy (non-hydrogen) atoms. The number of hydrogen-bond acceptors (Lipinski definition) is 5. The number of aryl methyl sites for hydroxylation is 2. The van der Waals surface area contributed by atoms with Gasteiger partial charge >= 0.3 is 0 Å². The number of nitrogens with one attached hydrogen (secondary N) is 1. The zero-order chi connectivity index (χ0) is 18.6. The van der Waals surface area contributed by atoms with E-state index in [2.05, 4.69) is 10.4 Å². The van der Waals surface area contributed by atoms with E-state index >= 15 is 0 Å². The molecule has 7 nitrogen and oxygen atoms in total. The van der Waals surface area contributed by atoms with E-state index in [0.717, 1.165) is 17.0 Å². The molecule has 1 aromatic heterocycles. The molecule has 0 aliphatic rings. The van der Waals surface area contributed by atoms with Crippen LogP contribution in [0.25, 0.3) is 0 Å². The lowest BCUT2D eigenvalue weighted by atomic mass is 10.2. The number of ether oxygens (including phenoxy) is 2. The number of nitrogens with zero attached hydrogens (tertiary/aromatic N) is 3. The van der Waals surface area contributed by atoms with E-state index in [1.54, 1.807) is 32.4 Å². The maximum atomic E-state index is 12.4. The Balaban J connectivity index is 2.00. The highest BCUT2D eigenvalue weighted by Crippen LogP contribution is 2.29. The Morgan fingerprint density at radius 3 is 2.56 bits per heavy atom. The molecule has 0 radical (unpaired) electrons. The second-order valence-electron chi connectivity index (χ2n) is 6.06. The normalized spacial score (nSPS) is 10.8. The van der Waals surface area contributed by atoms with Crippen molar-refractivity contribution in [2.45, 2.75) is 20.4 Å². The molecule has 0 spiro atoms. The van der Waals surface area contributed by atoms with Gasteiger partial charge in [0.05, 0.1) is 32.1 Å². The number of benzene rings is 1. The fraction of sp³-hybridized carbons (Fsp3) is 0.444. The minimum absolute atomic E-state index is 0.106. The Morgan fingerprint density at radius 2 is 2.00 bits per heavy atom. The first-order chi connectivity index (χ1) is 11.8. The average molecular weight is 346 g/mol. The van der Waals surface area contributed by atoms with Gasteiger partial charge in [0.2, 0.25) is 5.91 Å². The Bertz CT molecular complexity index is 755. The summed E-state index contributed by atoms with van der Waals surface area (Å²) in [5.74, 6) is 1.13. The van der Waals surface area contributed by atoms with Crippen LogP contribution in [0.2, 0.25) is 0 Å². The molecule has 1 aromatic carbocycles. The molecule has 136 valence electrons. The monoisotopic (exact) mass is 346 g/mol. The van der Waals surface area contributed by atoms with Gasteiger partial charge in [0.1, 0.15) is 11.5 Å². The fourth-order valence-corrected chi connectivity index (χ4v) is 2.71. The van der Waals surface area contributed by atoms with E-state index in [-0.39, 0.29) is 12.5 Å². The van der Waals surface area contributed by atoms with Gasteiger partial charge in [-0.05, 0) is 33.0 Å². The van der Waals surface area contributed by atoms with Crippen LogP contribution in [0.4, 0.5) is 5.69 Å². The van der Waals surface area contributed by atoms with Gasteiger partial charge in [0.15, 0.2) is 0 Å². The van der Waals surface area contributed by atoms with Crippen molar-refractivity contribution in [1.82, 2.24) is 14.7 Å². The summed E-state index contributed by atoms with van der Waals surface area (Å²) in [7, 11) is 6.99. The van der Waals surface area contributed by atoms with Crippen LogP contribution in [-0.2, 0) is 18.4 Å². The lowest BCUT2D eigenvalue weighted by Gasteiger charge is -2.17. The first kappa shape index (κ1) is 18.8. The number of anilines is 1. The van der Waals surface area contributed by atoms with Crippen LogP contribution in [0.3, 0.4) is 0 Å². The smallest absolute Gasteiger partial charge is 0.238 e. The van der Waals surface area contributed by atoms with Gasteiger partial charge in [0, 0.05) is 30.9 Å². The number of carbonyl (C=O) groups excluding carboxylic acids is 1. The zero-order valence-corrected chi connectivity index (χ0v) is 15.7. The van der Waals surface area contributed by atoms with E-state index in [1.807, 2.05) is 37.5 Å². The van der Waals surface area contributed by atoms with Gasteiger partial charge in [-0.25, -0.2) is 0 Å². The second kappa shape index (κ2) is 8.02. The minimum Gasteiger partial charge on any atom is -0.497 e. The van der Waals surface area contributed by atoms with E-state index in [0.29, 0.717) is 23.7 Å². The Morgan fingerprint density at radius 1 is 1.28 bits per heavy atom. The van der Waals surface area contributed by atoms with Crippen molar-refractivity contribution in [2.24, 2.45) is 7.05 Å². The quantitative estimate of drug-likeness (QED) is 0.832. The van der Waals surface area contributed by atoms with Crippen molar-refractivity contribution in [3.05, 3.63) is 35.2 Å². The maximum Gasteiger partial charge on any atom is 0.238 e. The fourth-order valence-electron chi connectivity index (χ4n) is 2.71. The van der Waals surface area contributed by atoms with Crippen LogP contribution < -0.4 is 14.8 Å². The third-order valence-electron chi connectivity index (χ3n) is 4.18. The van der Waals surface area contributed by atoms with Crippen LogP contribution in [0.1, 0.15) is 17.0 Å². The van der Waals surface area contributed by atoms with Crippen molar-refractivity contribution in [3.8, 4) is 11.5 Å². The molecule has 0 fully saturated rings. The summed E-state index contributed by atoms with van der Waals surface area (Å²) in [6.07, 6.45) is 0. The molecule has 0 saturated heterocycles. The molecule has 0 aliphatic heterocycles. The molecular formula is C18H26N4O3. The topological polar surface area (TPSA) is 68.6 Å². The average Bonchev–Trinajstić information content (AvgIpc) is 2.81. The summed E-state index contributed by atoms with van der Waals surface area (Å²) in [4.78, 5) is 14.3. The molecule has 0 saturated carbocycles. The first-order valence-electron chi connectivity index (χ1n) is 8.05. The summed E-state index contributed by atoms with van der Waals surface area (Å²) in [5, 5.41) is 7.29. The molecule has 2 aromatic rings. The number of carbonyl (C=O) groups is 1. The van der Waals surface area contributed by atoms with Crippen molar-refractivity contribution in [3.63, 3.8) is 0 Å². The zero-order valence-electron chi connectivity index (χ0n) is 15.7. The summed E-state index contributed by atoms with van der Waals surface area (Å²) in [6.45, 7) is 4.95. The van der Waals surface area contributed by atoms with Crippen LogP contribution in [0, 0.1) is 13.8 Å². The van der Waals surface area contributed by atoms with Gasteiger partial charge < -0.3 is 14.8 Å². The van der Waals surface area contributed by atoms with Crippen LogP contribution >= 0.6 is 0 Å². The van der Waals surface area contributed by atoms with E-state index in [1.165, 1.54) is 0 Å². The number of hydrogen-bond donors (Lipinski definition) is 1. The molecular weight excluding hydrogens is 320 g/mol. The standard InChI is InChI=1S/C18H26N4O3/c1-12-15(13(2)22(4)20-12)10-21(3)11-18(23)19-16-8-7-14(24-5)9-17(16)25-6/h7-9H,10-11H2,1-6H3,(H,19,23). The maximum absolute atomic E-state index is 12.4. The van der Waals surface area contributed by atoms with Crippen LogP contribution in [-0.4, -0.2) is 48.4 Å². The number of rotatable bonds is 7. The molecule has 1 heterocycles. The number of likely N-dealkylation sites (N-methyl/N-ethyl adjacent to an activating group) is 1. The highest BCUT2D eigenvalue weighted by molar-refractivity contribution is 5.93. The van der Waals surface area contributed by atoms with E-state index < -0.39 is 0 Å². The van der Waals surface area contributed by atoms with Crippen LogP contribution in [0.15, 0.2) is 18.2 Å². The third-order valence-corrected chi connectivity index (χ3v) is 4.18. The number of methoxy groups -OCH3 is 2. The van der Waals surface area contributed by atoms with E-state index in [4.69, 9.17) is 9.47 Å². The highest BCUT2D eigenvalue weighted by Gasteiger charge is 2.15. The minimum atomic E-state index is -0.106. The van der Waals surface area contributed by atoms with Gasteiger partial charge in [-0.1, -0.05) is 0 Å². The van der Waals surface area contributed by atoms with Crippen LogP contribution in [0.5, 0.6) is 11.5 Å². The Labute approximate surface area is 148 Å². The summed E-state index contributed by atoms with van der Waals surface area (Å²) in [5.41, 5.74) is 3.88. The second-order valence-corrected chi connectivity index (χ2v) is 6.06. The lowest BCUT2D eigenvalue weighted by molar-refractivity contribution is -0.117. The van der Waals surface area contributed by atoms with Gasteiger partial charge in [-0.2, -0.15) is 5.10 Å². The van der Waals surface area contributed by atoms with Crippen molar-refractivity contribution in [2.75, 3.05) is 33.1 Å². The predicted octanol–water partition coefficient (Wildman–Crippen LogP) is 2.12. The Hall–Kier alpha value is -2.54. The summed E-state index contributed by atoms with van der Waals surface area (Å²) >= 11 is 0. The first-order valence-corrected chi connectivity index (χ1v) is 8.05.